The van der Waals surface area contributed by atoms with E-state index in [-0.39, 0.29) is 0 Å². The van der Waals surface area contributed by atoms with E-state index in [1.54, 1.807) is 0 Å². The van der Waals surface area contributed by atoms with Crippen molar-refractivity contribution in [1.29, 1.82) is 0 Å². The van der Waals surface area contributed by atoms with Crippen LogP contribution in [-0.2, 0) is 0 Å². The van der Waals surface area contributed by atoms with Gasteiger partial charge in [0.15, 0.2) is 0 Å². The Morgan fingerprint density at radius 3 is 1.71 bits per heavy atom. The molecule has 0 bridgehead atoms. The highest BCUT2D eigenvalue weighted by Crippen LogP contribution is 2.14. The van der Waals surface area contributed by atoms with Crippen LogP contribution in [0.5, 0.6) is 0 Å². The average molecular weight is 198 g/mol. The molecule has 1 unspecified atom stereocenters. The molecule has 0 aromatic heterocycles. The lowest BCUT2D eigenvalue weighted by molar-refractivity contribution is 0.470. The first-order chi connectivity index (χ1) is 6.81. The molecule has 1 atom stereocenters. The zero-order valence-electron chi connectivity index (χ0n) is 10.6. The highest BCUT2D eigenvalue weighted by atomic mass is 14.0. The summed E-state index contributed by atoms with van der Waals surface area (Å²) in [5.74, 6) is 0.954. The van der Waals surface area contributed by atoms with E-state index in [0.717, 1.165) is 5.92 Å². The van der Waals surface area contributed by atoms with Crippen LogP contribution in [0.3, 0.4) is 0 Å². The maximum Gasteiger partial charge on any atom is -0.0445 e. The molecule has 86 valence electrons. The second kappa shape index (κ2) is 11.1. The fraction of sp³-hybridized carbons (Fsp3) is 1.00. The van der Waals surface area contributed by atoms with Gasteiger partial charge in [-0.3, -0.25) is 0 Å². The fourth-order valence-electron chi connectivity index (χ4n) is 1.83. The van der Waals surface area contributed by atoms with Crippen molar-refractivity contribution in [2.45, 2.75) is 85.0 Å². The molecule has 0 rings (SSSR count). The van der Waals surface area contributed by atoms with E-state index < -0.39 is 0 Å². The molecule has 0 nitrogen and oxygen atoms in total. The molecular weight excluding hydrogens is 168 g/mol. The van der Waals surface area contributed by atoms with E-state index in [2.05, 4.69) is 20.8 Å². The highest BCUT2D eigenvalue weighted by Gasteiger charge is 1.97. The predicted octanol–water partition coefficient (Wildman–Crippen LogP) is 5.56. The fourth-order valence-corrected chi connectivity index (χ4v) is 1.83. The van der Waals surface area contributed by atoms with E-state index in [0.29, 0.717) is 0 Å². The summed E-state index contributed by atoms with van der Waals surface area (Å²) in [7, 11) is 0. The second-order valence-electron chi connectivity index (χ2n) is 4.78. The molecule has 0 aliphatic rings. The molecule has 0 aromatic rings. The molecule has 0 heteroatoms. The minimum absolute atomic E-state index is 0.954. The molecule has 0 radical (unpaired) electrons. The molecule has 0 N–H and O–H groups in total. The molecule has 0 heterocycles. The number of hydrogen-bond acceptors (Lipinski definition) is 0. The number of unbranched alkanes of at least 4 members (excludes halogenated alkanes) is 7. The Hall–Kier alpha value is 0. The van der Waals surface area contributed by atoms with Crippen molar-refractivity contribution in [2.75, 3.05) is 0 Å². The molecular formula is C14H30. The van der Waals surface area contributed by atoms with Crippen LogP contribution in [0, 0.1) is 5.92 Å². The summed E-state index contributed by atoms with van der Waals surface area (Å²) >= 11 is 0. The molecule has 14 heavy (non-hydrogen) atoms. The first-order valence-electron chi connectivity index (χ1n) is 6.81. The van der Waals surface area contributed by atoms with Crippen LogP contribution >= 0.6 is 0 Å². The van der Waals surface area contributed by atoms with Gasteiger partial charge in [-0.1, -0.05) is 85.0 Å². The average Bonchev–Trinajstić information content (AvgIpc) is 2.21. The summed E-state index contributed by atoms with van der Waals surface area (Å²) in [5.41, 5.74) is 0. The van der Waals surface area contributed by atoms with Crippen LogP contribution in [-0.4, -0.2) is 0 Å². The van der Waals surface area contributed by atoms with Gasteiger partial charge in [0, 0.05) is 0 Å². The number of hydrogen-bond donors (Lipinski definition) is 0. The molecule has 0 aliphatic carbocycles. The van der Waals surface area contributed by atoms with Gasteiger partial charge in [0.05, 0.1) is 0 Å². The summed E-state index contributed by atoms with van der Waals surface area (Å²) in [6.07, 6.45) is 14.4. The Balaban J connectivity index is 2.92. The van der Waals surface area contributed by atoms with Crippen LogP contribution < -0.4 is 0 Å². The molecule has 0 saturated carbocycles. The van der Waals surface area contributed by atoms with Crippen molar-refractivity contribution in [3.63, 3.8) is 0 Å². The predicted molar refractivity (Wildman–Crippen MR) is 66.7 cm³/mol. The topological polar surface area (TPSA) is 0 Å². The van der Waals surface area contributed by atoms with E-state index in [9.17, 15) is 0 Å². The quantitative estimate of drug-likeness (QED) is 0.403. The van der Waals surface area contributed by atoms with E-state index in [4.69, 9.17) is 0 Å². The van der Waals surface area contributed by atoms with Crippen LogP contribution in [0.1, 0.15) is 85.0 Å². The molecule has 0 aromatic carbocycles. The van der Waals surface area contributed by atoms with Gasteiger partial charge >= 0.3 is 0 Å². The van der Waals surface area contributed by atoms with Crippen molar-refractivity contribution in [3.05, 3.63) is 0 Å². The van der Waals surface area contributed by atoms with Gasteiger partial charge in [0.25, 0.3) is 0 Å². The van der Waals surface area contributed by atoms with E-state index >= 15 is 0 Å². The van der Waals surface area contributed by atoms with Gasteiger partial charge < -0.3 is 0 Å². The Kier molecular flexibility index (Phi) is 11.1. The highest BCUT2D eigenvalue weighted by molar-refractivity contribution is 4.51. The van der Waals surface area contributed by atoms with Crippen molar-refractivity contribution < 1.29 is 0 Å². The smallest absolute Gasteiger partial charge is 0.0445 e. The molecule has 0 fully saturated rings. The van der Waals surface area contributed by atoms with Gasteiger partial charge in [-0.2, -0.15) is 0 Å². The van der Waals surface area contributed by atoms with Crippen LogP contribution in [0.4, 0.5) is 0 Å². The Bertz CT molecular complexity index is 96.2. The third kappa shape index (κ3) is 10.1. The van der Waals surface area contributed by atoms with Gasteiger partial charge in [-0.25, -0.2) is 0 Å². The monoisotopic (exact) mass is 198 g/mol. The van der Waals surface area contributed by atoms with Crippen molar-refractivity contribution >= 4 is 0 Å². The summed E-state index contributed by atoms with van der Waals surface area (Å²) < 4.78 is 0. The summed E-state index contributed by atoms with van der Waals surface area (Å²) in [4.78, 5) is 0. The first-order valence-corrected chi connectivity index (χ1v) is 6.81. The molecule has 0 saturated heterocycles. The van der Waals surface area contributed by atoms with Gasteiger partial charge in [0.2, 0.25) is 0 Å². The number of rotatable bonds is 10. The van der Waals surface area contributed by atoms with Crippen molar-refractivity contribution in [1.82, 2.24) is 0 Å². The Labute approximate surface area is 91.5 Å². The van der Waals surface area contributed by atoms with Crippen LogP contribution in [0.2, 0.25) is 0 Å². The summed E-state index contributed by atoms with van der Waals surface area (Å²) in [6, 6.07) is 0. The van der Waals surface area contributed by atoms with Crippen molar-refractivity contribution in [2.24, 2.45) is 5.92 Å². The lowest BCUT2D eigenvalue weighted by Gasteiger charge is -2.07. The summed E-state index contributed by atoms with van der Waals surface area (Å²) in [5, 5.41) is 0. The van der Waals surface area contributed by atoms with Crippen LogP contribution in [0.15, 0.2) is 0 Å². The third-order valence-electron chi connectivity index (χ3n) is 3.25. The third-order valence-corrected chi connectivity index (χ3v) is 3.25. The lowest BCUT2D eigenvalue weighted by Crippen LogP contribution is -1.91. The van der Waals surface area contributed by atoms with E-state index in [1.807, 2.05) is 0 Å². The molecule has 0 aliphatic heterocycles. The largest absolute Gasteiger partial charge is 0.0654 e. The second-order valence-corrected chi connectivity index (χ2v) is 4.78. The standard InChI is InChI=1S/C14H30/c1-4-6-7-8-9-10-11-12-13-14(3)5-2/h14H,4-13H2,1-3H3. The molecule has 0 spiro atoms. The Morgan fingerprint density at radius 1 is 0.714 bits per heavy atom. The maximum atomic E-state index is 2.38. The van der Waals surface area contributed by atoms with Gasteiger partial charge in [-0.15, -0.1) is 0 Å². The first kappa shape index (κ1) is 14.0. The zero-order chi connectivity index (χ0) is 10.6. The lowest BCUT2D eigenvalue weighted by atomic mass is 10.00. The summed E-state index contributed by atoms with van der Waals surface area (Å²) in [6.45, 7) is 6.96. The van der Waals surface area contributed by atoms with Gasteiger partial charge in [0.1, 0.15) is 0 Å². The van der Waals surface area contributed by atoms with Crippen molar-refractivity contribution in [3.8, 4) is 0 Å². The normalized spacial score (nSPS) is 13.1. The van der Waals surface area contributed by atoms with Crippen LogP contribution in [0.25, 0.3) is 0 Å². The van der Waals surface area contributed by atoms with E-state index in [1.165, 1.54) is 64.2 Å². The maximum absolute atomic E-state index is 2.38. The SMILES string of the molecule is CCCCCCCCCCC(C)CC. The van der Waals surface area contributed by atoms with Gasteiger partial charge in [-0.05, 0) is 5.92 Å². The minimum atomic E-state index is 0.954. The zero-order valence-corrected chi connectivity index (χ0v) is 10.6. The Morgan fingerprint density at radius 2 is 1.21 bits per heavy atom. The molecule has 0 amide bonds. The minimum Gasteiger partial charge on any atom is -0.0654 e.